The first-order chi connectivity index (χ1) is 14.5. The quantitative estimate of drug-likeness (QED) is 0.726. The molecule has 30 heavy (non-hydrogen) atoms. The minimum atomic E-state index is -0.658. The second-order valence-electron chi connectivity index (χ2n) is 7.25. The van der Waals surface area contributed by atoms with E-state index in [9.17, 15) is 14.4 Å². The lowest BCUT2D eigenvalue weighted by atomic mass is 9.97. The molecule has 1 fully saturated rings. The van der Waals surface area contributed by atoms with E-state index in [4.69, 9.17) is 9.15 Å². The summed E-state index contributed by atoms with van der Waals surface area (Å²) in [5, 5.41) is 5.58. The van der Waals surface area contributed by atoms with Crippen molar-refractivity contribution in [3.63, 3.8) is 0 Å². The van der Waals surface area contributed by atoms with E-state index < -0.39 is 17.9 Å². The van der Waals surface area contributed by atoms with Crippen molar-refractivity contribution in [1.29, 1.82) is 0 Å². The van der Waals surface area contributed by atoms with Crippen molar-refractivity contribution in [2.45, 2.75) is 26.3 Å². The average molecular weight is 413 g/mol. The van der Waals surface area contributed by atoms with Gasteiger partial charge in [0.1, 0.15) is 6.04 Å². The van der Waals surface area contributed by atoms with E-state index in [2.05, 4.69) is 10.6 Å². The standard InChI is InChI=1S/C22H27N3O5/c1-3-15(2)19(22(28)25-10-13-29-14-11-25)24-20(26)16-7-4-5-8-17(16)23-21(27)18-9-6-12-30-18/h4-9,12,15,19H,3,10-11,13-14H2,1-2H3,(H,23,27)(H,24,26)/t15-,19+/m0/s1. The van der Waals surface area contributed by atoms with E-state index in [1.807, 2.05) is 13.8 Å². The Morgan fingerprint density at radius 2 is 1.80 bits per heavy atom. The van der Waals surface area contributed by atoms with Crippen LogP contribution in [0.5, 0.6) is 0 Å². The number of carbonyl (C=O) groups excluding carboxylic acids is 3. The second kappa shape index (κ2) is 10.1. The van der Waals surface area contributed by atoms with Gasteiger partial charge in [-0.3, -0.25) is 14.4 Å². The summed E-state index contributed by atoms with van der Waals surface area (Å²) < 4.78 is 10.4. The van der Waals surface area contributed by atoms with Gasteiger partial charge in [0.2, 0.25) is 5.91 Å². The largest absolute Gasteiger partial charge is 0.459 e. The van der Waals surface area contributed by atoms with Gasteiger partial charge in [-0.05, 0) is 30.2 Å². The van der Waals surface area contributed by atoms with Crippen LogP contribution in [0.1, 0.15) is 41.2 Å². The normalized spacial score (nSPS) is 15.9. The van der Waals surface area contributed by atoms with E-state index in [-0.39, 0.29) is 23.1 Å². The molecule has 0 saturated carbocycles. The van der Waals surface area contributed by atoms with E-state index in [0.717, 1.165) is 6.42 Å². The third-order valence-electron chi connectivity index (χ3n) is 5.25. The Morgan fingerprint density at radius 1 is 1.07 bits per heavy atom. The van der Waals surface area contributed by atoms with Crippen LogP contribution in [0.25, 0.3) is 0 Å². The molecule has 1 aromatic carbocycles. The highest BCUT2D eigenvalue weighted by Gasteiger charge is 2.31. The highest BCUT2D eigenvalue weighted by atomic mass is 16.5. The van der Waals surface area contributed by atoms with Gasteiger partial charge in [-0.1, -0.05) is 32.4 Å². The molecule has 3 amide bonds. The first kappa shape index (κ1) is 21.6. The summed E-state index contributed by atoms with van der Waals surface area (Å²) >= 11 is 0. The van der Waals surface area contributed by atoms with Gasteiger partial charge >= 0.3 is 0 Å². The van der Waals surface area contributed by atoms with Crippen LogP contribution in [-0.2, 0) is 9.53 Å². The zero-order chi connectivity index (χ0) is 21.5. The van der Waals surface area contributed by atoms with Gasteiger partial charge in [0.15, 0.2) is 5.76 Å². The number of carbonyl (C=O) groups is 3. The predicted molar refractivity (Wildman–Crippen MR) is 111 cm³/mol. The van der Waals surface area contributed by atoms with Crippen LogP contribution < -0.4 is 10.6 Å². The molecule has 0 unspecified atom stereocenters. The molecule has 1 aliphatic rings. The molecule has 8 heteroatoms. The predicted octanol–water partition coefficient (Wildman–Crippen LogP) is 2.54. The number of hydrogen-bond donors (Lipinski definition) is 2. The summed E-state index contributed by atoms with van der Waals surface area (Å²) in [4.78, 5) is 40.2. The maximum absolute atomic E-state index is 13.1. The van der Waals surface area contributed by atoms with Crippen molar-refractivity contribution < 1.29 is 23.5 Å². The SMILES string of the molecule is CC[C@H](C)[C@@H](NC(=O)c1ccccc1NC(=O)c1ccco1)C(=O)N1CCOCC1. The molecule has 1 aliphatic heterocycles. The number of amides is 3. The van der Waals surface area contributed by atoms with Crippen LogP contribution in [0.4, 0.5) is 5.69 Å². The molecule has 3 rings (SSSR count). The van der Waals surface area contributed by atoms with Crippen molar-refractivity contribution in [2.24, 2.45) is 5.92 Å². The topological polar surface area (TPSA) is 101 Å². The van der Waals surface area contributed by atoms with Gasteiger partial charge in [0.05, 0.1) is 30.7 Å². The molecule has 8 nitrogen and oxygen atoms in total. The zero-order valence-electron chi connectivity index (χ0n) is 17.2. The maximum Gasteiger partial charge on any atom is 0.291 e. The molecule has 0 aliphatic carbocycles. The van der Waals surface area contributed by atoms with Crippen molar-refractivity contribution in [3.8, 4) is 0 Å². The molecule has 1 saturated heterocycles. The van der Waals surface area contributed by atoms with Crippen molar-refractivity contribution >= 4 is 23.4 Å². The van der Waals surface area contributed by atoms with E-state index in [0.29, 0.717) is 32.0 Å². The lowest BCUT2D eigenvalue weighted by Crippen LogP contribution is -2.54. The van der Waals surface area contributed by atoms with Gasteiger partial charge in [-0.2, -0.15) is 0 Å². The van der Waals surface area contributed by atoms with Crippen LogP contribution in [-0.4, -0.2) is 55.0 Å². The number of rotatable bonds is 7. The van der Waals surface area contributed by atoms with Gasteiger partial charge in [0.25, 0.3) is 11.8 Å². The first-order valence-corrected chi connectivity index (χ1v) is 10.1. The Bertz CT molecular complexity index is 875. The van der Waals surface area contributed by atoms with Gasteiger partial charge in [-0.15, -0.1) is 0 Å². The van der Waals surface area contributed by atoms with Gasteiger partial charge in [0, 0.05) is 13.1 Å². The summed E-state index contributed by atoms with van der Waals surface area (Å²) in [6.07, 6.45) is 2.14. The summed E-state index contributed by atoms with van der Waals surface area (Å²) in [6.45, 7) is 5.93. The highest BCUT2D eigenvalue weighted by Crippen LogP contribution is 2.19. The minimum Gasteiger partial charge on any atom is -0.459 e. The fraction of sp³-hybridized carbons (Fsp3) is 0.409. The van der Waals surface area contributed by atoms with Crippen LogP contribution in [0.15, 0.2) is 47.1 Å². The Balaban J connectivity index is 1.77. The Labute approximate surface area is 175 Å². The number of morpholine rings is 1. The number of nitrogens with zero attached hydrogens (tertiary/aromatic N) is 1. The Hall–Kier alpha value is -3.13. The molecule has 160 valence electrons. The monoisotopic (exact) mass is 413 g/mol. The molecule has 0 spiro atoms. The zero-order valence-corrected chi connectivity index (χ0v) is 17.2. The van der Waals surface area contributed by atoms with Crippen LogP contribution in [0.2, 0.25) is 0 Å². The number of benzene rings is 1. The molecule has 0 radical (unpaired) electrons. The lowest BCUT2D eigenvalue weighted by Gasteiger charge is -2.33. The Morgan fingerprint density at radius 3 is 2.47 bits per heavy atom. The number of ether oxygens (including phenoxy) is 1. The molecule has 2 atom stereocenters. The molecule has 2 aromatic rings. The van der Waals surface area contributed by atoms with Gasteiger partial charge in [-0.25, -0.2) is 0 Å². The van der Waals surface area contributed by atoms with Gasteiger partial charge < -0.3 is 24.7 Å². The smallest absolute Gasteiger partial charge is 0.291 e. The summed E-state index contributed by atoms with van der Waals surface area (Å²) in [5.41, 5.74) is 0.624. The van der Waals surface area contributed by atoms with Crippen LogP contribution in [0.3, 0.4) is 0 Å². The third kappa shape index (κ3) is 5.07. The number of nitrogens with one attached hydrogen (secondary N) is 2. The molecule has 2 N–H and O–H groups in total. The summed E-state index contributed by atoms with van der Waals surface area (Å²) in [7, 11) is 0. The van der Waals surface area contributed by atoms with Crippen molar-refractivity contribution in [3.05, 3.63) is 54.0 Å². The van der Waals surface area contributed by atoms with E-state index >= 15 is 0 Å². The Kier molecular flexibility index (Phi) is 7.24. The number of anilines is 1. The molecule has 1 aromatic heterocycles. The average Bonchev–Trinajstić information content (AvgIpc) is 3.32. The van der Waals surface area contributed by atoms with Crippen LogP contribution >= 0.6 is 0 Å². The fourth-order valence-electron chi connectivity index (χ4n) is 3.26. The van der Waals surface area contributed by atoms with Crippen molar-refractivity contribution in [1.82, 2.24) is 10.2 Å². The van der Waals surface area contributed by atoms with Crippen molar-refractivity contribution in [2.75, 3.05) is 31.6 Å². The minimum absolute atomic E-state index is 0.0471. The molecule has 0 bridgehead atoms. The molecular formula is C22H27N3O5. The summed E-state index contributed by atoms with van der Waals surface area (Å²) in [6, 6.07) is 9.17. The maximum atomic E-state index is 13.1. The number of furan rings is 1. The number of para-hydroxylation sites is 1. The lowest BCUT2D eigenvalue weighted by molar-refractivity contribution is -0.138. The fourth-order valence-corrected chi connectivity index (χ4v) is 3.26. The first-order valence-electron chi connectivity index (χ1n) is 10.1. The van der Waals surface area contributed by atoms with E-state index in [1.165, 1.54) is 12.3 Å². The van der Waals surface area contributed by atoms with E-state index in [1.54, 1.807) is 35.2 Å². The van der Waals surface area contributed by atoms with Crippen LogP contribution in [0, 0.1) is 5.92 Å². The number of hydrogen-bond acceptors (Lipinski definition) is 5. The highest BCUT2D eigenvalue weighted by molar-refractivity contribution is 6.08. The summed E-state index contributed by atoms with van der Waals surface area (Å²) in [5.74, 6) is -0.891. The third-order valence-corrected chi connectivity index (χ3v) is 5.25. The second-order valence-corrected chi connectivity index (χ2v) is 7.25. The molecular weight excluding hydrogens is 386 g/mol. The molecule has 2 heterocycles.